The largest absolute Gasteiger partial charge is 0.479 e. The van der Waals surface area contributed by atoms with Gasteiger partial charge in [-0.15, -0.1) is 0 Å². The summed E-state index contributed by atoms with van der Waals surface area (Å²) in [5.74, 6) is -2.15. The molecule has 0 aromatic rings. The van der Waals surface area contributed by atoms with E-state index < -0.39 is 34.5 Å². The zero-order valence-corrected chi connectivity index (χ0v) is 14.0. The molecule has 124 valence electrons. The second kappa shape index (κ2) is 10.3. The molecule has 0 radical (unpaired) electrons. The van der Waals surface area contributed by atoms with Crippen molar-refractivity contribution in [3.63, 3.8) is 0 Å². The van der Waals surface area contributed by atoms with E-state index in [2.05, 4.69) is 8.37 Å². The Morgan fingerprint density at radius 2 is 1.29 bits per heavy atom. The van der Waals surface area contributed by atoms with Gasteiger partial charge < -0.3 is 10.2 Å². The lowest BCUT2D eigenvalue weighted by molar-refractivity contribution is -0.146. The van der Waals surface area contributed by atoms with Gasteiger partial charge in [-0.3, -0.25) is 0 Å². The lowest BCUT2D eigenvalue weighted by Crippen LogP contribution is -2.33. The average Bonchev–Trinajstić information content (AvgIpc) is 2.38. The first-order valence-electron chi connectivity index (χ1n) is 5.78. The summed E-state index contributed by atoms with van der Waals surface area (Å²) >= 11 is 2.65. The van der Waals surface area contributed by atoms with E-state index >= 15 is 0 Å². The van der Waals surface area contributed by atoms with Crippen molar-refractivity contribution in [2.45, 2.75) is 25.0 Å². The van der Waals surface area contributed by atoms with E-state index in [1.165, 1.54) is 23.5 Å². The Hall–Kier alpha value is -0.490. The van der Waals surface area contributed by atoms with Gasteiger partial charge in [0.15, 0.2) is 12.2 Å². The molecule has 0 aromatic heterocycles. The summed E-state index contributed by atoms with van der Waals surface area (Å²) < 4.78 is 32.1. The predicted molar refractivity (Wildman–Crippen MR) is 79.9 cm³/mol. The number of carboxylic acids is 2. The molecular formula is C10H18O8S3. The van der Waals surface area contributed by atoms with Crippen molar-refractivity contribution >= 4 is 45.9 Å². The summed E-state index contributed by atoms with van der Waals surface area (Å²) in [4.78, 5) is 21.8. The summed E-state index contributed by atoms with van der Waals surface area (Å²) in [6, 6.07) is 0. The summed E-state index contributed by atoms with van der Waals surface area (Å²) in [5, 5.41) is 17.7. The van der Waals surface area contributed by atoms with Crippen LogP contribution in [0.25, 0.3) is 0 Å². The summed E-state index contributed by atoms with van der Waals surface area (Å²) in [6.45, 7) is 0. The van der Waals surface area contributed by atoms with Gasteiger partial charge in [-0.05, 0) is 36.9 Å². The van der Waals surface area contributed by atoms with Crippen LogP contribution >= 0.6 is 23.5 Å². The fraction of sp³-hybridized carbons (Fsp3) is 0.800. The number of hydrogen-bond acceptors (Lipinski definition) is 8. The highest BCUT2D eigenvalue weighted by Gasteiger charge is 2.31. The Kier molecular flexibility index (Phi) is 10.0. The molecule has 0 aromatic carbocycles. The Labute approximate surface area is 131 Å². The highest BCUT2D eigenvalue weighted by molar-refractivity contribution is 7.98. The molecule has 2 N–H and O–H groups in total. The predicted octanol–water partition coefficient (Wildman–Crippen LogP) is 0.677. The molecule has 2 atom stereocenters. The molecule has 0 aliphatic carbocycles. The second-order valence-corrected chi connectivity index (χ2v) is 6.99. The van der Waals surface area contributed by atoms with Crippen molar-refractivity contribution < 1.29 is 36.6 Å². The van der Waals surface area contributed by atoms with Gasteiger partial charge in [0.25, 0.3) is 0 Å². The number of hydrogen-bond donors (Lipinski definition) is 2. The third kappa shape index (κ3) is 9.19. The SMILES string of the molecule is CSCCC(OS(=O)(=O)OC(CCSC)C(=O)O)C(=O)O. The molecule has 0 aliphatic heterocycles. The standard InChI is InChI=1S/C10H18O8S3/c1-19-5-3-7(9(11)12)17-21(15,16)18-8(10(13)14)4-6-20-2/h7-8H,3-6H2,1-2H3,(H,11,12)(H,13,14). The molecule has 0 aliphatic rings. The smallest absolute Gasteiger partial charge is 0.401 e. The van der Waals surface area contributed by atoms with Crippen molar-refractivity contribution in [2.24, 2.45) is 0 Å². The molecular weight excluding hydrogens is 344 g/mol. The van der Waals surface area contributed by atoms with E-state index in [1.54, 1.807) is 12.5 Å². The minimum atomic E-state index is -4.71. The van der Waals surface area contributed by atoms with Crippen molar-refractivity contribution in [3.05, 3.63) is 0 Å². The van der Waals surface area contributed by atoms with E-state index in [0.29, 0.717) is 11.5 Å². The zero-order valence-electron chi connectivity index (χ0n) is 11.6. The van der Waals surface area contributed by atoms with Crippen LogP contribution in [0.3, 0.4) is 0 Å². The van der Waals surface area contributed by atoms with Crippen molar-refractivity contribution in [3.8, 4) is 0 Å². The maximum atomic E-state index is 11.6. The van der Waals surface area contributed by atoms with Crippen LogP contribution < -0.4 is 0 Å². The van der Waals surface area contributed by atoms with Gasteiger partial charge in [0, 0.05) is 0 Å². The molecule has 0 fully saturated rings. The van der Waals surface area contributed by atoms with Crippen LogP contribution in [0.2, 0.25) is 0 Å². The van der Waals surface area contributed by atoms with Gasteiger partial charge in [-0.2, -0.15) is 31.9 Å². The van der Waals surface area contributed by atoms with Crippen LogP contribution in [-0.2, 0) is 28.4 Å². The highest BCUT2D eigenvalue weighted by atomic mass is 32.3. The number of aliphatic carboxylic acids is 2. The number of carbonyl (C=O) groups is 2. The summed E-state index contributed by atoms with van der Waals surface area (Å²) in [6.07, 6.45) is 0.179. The average molecular weight is 362 g/mol. The number of thioether (sulfide) groups is 2. The van der Waals surface area contributed by atoms with Crippen LogP contribution in [-0.4, -0.2) is 66.8 Å². The molecule has 2 unspecified atom stereocenters. The highest BCUT2D eigenvalue weighted by Crippen LogP contribution is 2.14. The van der Waals surface area contributed by atoms with Gasteiger partial charge >= 0.3 is 22.3 Å². The lowest BCUT2D eigenvalue weighted by atomic mass is 10.3. The first-order chi connectivity index (χ1) is 9.73. The first-order valence-corrected chi connectivity index (χ1v) is 9.90. The second-order valence-electron chi connectivity index (χ2n) is 3.82. The topological polar surface area (TPSA) is 127 Å². The molecule has 0 rings (SSSR count). The monoisotopic (exact) mass is 362 g/mol. The maximum absolute atomic E-state index is 11.6. The Morgan fingerprint density at radius 3 is 1.52 bits per heavy atom. The van der Waals surface area contributed by atoms with Gasteiger partial charge in [0.2, 0.25) is 0 Å². The van der Waals surface area contributed by atoms with E-state index in [1.807, 2.05) is 0 Å². The molecule has 0 bridgehead atoms. The quantitative estimate of drug-likeness (QED) is 0.511. The van der Waals surface area contributed by atoms with Crippen LogP contribution in [0.15, 0.2) is 0 Å². The van der Waals surface area contributed by atoms with Crippen LogP contribution in [0.4, 0.5) is 0 Å². The minimum absolute atomic E-state index is 0.0400. The third-order valence-electron chi connectivity index (χ3n) is 2.19. The van der Waals surface area contributed by atoms with E-state index in [9.17, 15) is 18.0 Å². The fourth-order valence-electron chi connectivity index (χ4n) is 1.18. The van der Waals surface area contributed by atoms with Crippen molar-refractivity contribution in [1.82, 2.24) is 0 Å². The zero-order chi connectivity index (χ0) is 16.5. The molecule has 0 saturated heterocycles. The van der Waals surface area contributed by atoms with Gasteiger partial charge in [-0.25, -0.2) is 18.0 Å². The Balaban J connectivity index is 4.76. The Morgan fingerprint density at radius 1 is 0.952 bits per heavy atom. The Bertz CT molecular complexity index is 402. The van der Waals surface area contributed by atoms with Gasteiger partial charge in [0.1, 0.15) is 0 Å². The normalized spacial score (nSPS) is 14.6. The third-order valence-corrected chi connectivity index (χ3v) is 4.41. The van der Waals surface area contributed by atoms with Crippen LogP contribution in [0.1, 0.15) is 12.8 Å². The van der Waals surface area contributed by atoms with Crippen LogP contribution in [0.5, 0.6) is 0 Å². The summed E-state index contributed by atoms with van der Waals surface area (Å²) in [5.41, 5.74) is 0. The van der Waals surface area contributed by atoms with E-state index in [0.717, 1.165) is 0 Å². The van der Waals surface area contributed by atoms with E-state index in [4.69, 9.17) is 10.2 Å². The molecule has 11 heteroatoms. The molecule has 0 saturated carbocycles. The molecule has 8 nitrogen and oxygen atoms in total. The lowest BCUT2D eigenvalue weighted by Gasteiger charge is -2.16. The molecule has 21 heavy (non-hydrogen) atoms. The number of carboxylic acid groups (broad SMARTS) is 2. The number of rotatable bonds is 12. The van der Waals surface area contributed by atoms with Gasteiger partial charge in [-0.1, -0.05) is 0 Å². The fourth-order valence-corrected chi connectivity index (χ4v) is 3.05. The van der Waals surface area contributed by atoms with Crippen molar-refractivity contribution in [2.75, 3.05) is 24.0 Å². The molecule has 0 amide bonds. The molecule has 0 heterocycles. The van der Waals surface area contributed by atoms with Gasteiger partial charge in [0.05, 0.1) is 0 Å². The summed E-state index contributed by atoms with van der Waals surface area (Å²) in [7, 11) is -4.71. The molecule has 0 spiro atoms. The first kappa shape index (κ1) is 20.5. The van der Waals surface area contributed by atoms with Crippen LogP contribution in [0, 0.1) is 0 Å². The van der Waals surface area contributed by atoms with E-state index in [-0.39, 0.29) is 12.8 Å². The maximum Gasteiger partial charge on any atom is 0.401 e. The van der Waals surface area contributed by atoms with Crippen molar-refractivity contribution in [1.29, 1.82) is 0 Å². The minimum Gasteiger partial charge on any atom is -0.479 e.